The minimum Gasteiger partial charge on any atom is -0.365 e. The van der Waals surface area contributed by atoms with Gasteiger partial charge in [-0.25, -0.2) is 4.98 Å². The van der Waals surface area contributed by atoms with E-state index in [0.29, 0.717) is 5.69 Å². The molecule has 0 aliphatic heterocycles. The molecule has 104 valence electrons. The summed E-state index contributed by atoms with van der Waals surface area (Å²) >= 11 is 0. The lowest BCUT2D eigenvalue weighted by molar-refractivity contribution is 0.100. The predicted octanol–water partition coefficient (Wildman–Crippen LogP) is 2.61. The molecule has 3 aromatic rings. The fourth-order valence-electron chi connectivity index (χ4n) is 2.07. The van der Waals surface area contributed by atoms with Crippen molar-refractivity contribution in [2.45, 2.75) is 0 Å². The second-order valence-corrected chi connectivity index (χ2v) is 4.40. The molecule has 6 heteroatoms. The van der Waals surface area contributed by atoms with Crippen LogP contribution in [0, 0.1) is 5.95 Å². The molecule has 0 spiro atoms. The number of aromatic nitrogens is 2. The first kappa shape index (κ1) is 13.0. The third-order valence-corrected chi connectivity index (χ3v) is 3.03. The number of pyridine rings is 2. The molecular formula is C15H11FN4O. The third-order valence-electron chi connectivity index (χ3n) is 3.03. The van der Waals surface area contributed by atoms with Gasteiger partial charge in [-0.3, -0.25) is 9.78 Å². The van der Waals surface area contributed by atoms with Crippen LogP contribution in [0.25, 0.3) is 10.9 Å². The van der Waals surface area contributed by atoms with Gasteiger partial charge in [0.1, 0.15) is 5.82 Å². The van der Waals surface area contributed by atoms with Crippen LogP contribution in [0.4, 0.5) is 15.9 Å². The standard InChI is InChI=1S/C15H11FN4O/c16-13-7-6-10(14(17)21)15(20-13)19-12-5-1-4-11-9(12)3-2-8-18-11/h1-8H,(H2,17,21)(H,19,20). The summed E-state index contributed by atoms with van der Waals surface area (Å²) in [5.41, 5.74) is 6.84. The van der Waals surface area contributed by atoms with E-state index >= 15 is 0 Å². The zero-order chi connectivity index (χ0) is 14.8. The summed E-state index contributed by atoms with van der Waals surface area (Å²) in [6, 6.07) is 11.5. The number of hydrogen-bond donors (Lipinski definition) is 2. The van der Waals surface area contributed by atoms with Gasteiger partial charge in [-0.05, 0) is 36.4 Å². The highest BCUT2D eigenvalue weighted by atomic mass is 19.1. The minimum absolute atomic E-state index is 0.0823. The van der Waals surface area contributed by atoms with Crippen molar-refractivity contribution in [1.29, 1.82) is 0 Å². The highest BCUT2D eigenvalue weighted by molar-refractivity contribution is 6.00. The molecule has 3 N–H and O–H groups in total. The summed E-state index contributed by atoms with van der Waals surface area (Å²) < 4.78 is 13.3. The number of anilines is 2. The number of carbonyl (C=O) groups excluding carboxylic acids is 1. The van der Waals surface area contributed by atoms with Crippen LogP contribution in [-0.2, 0) is 0 Å². The lowest BCUT2D eigenvalue weighted by atomic mass is 10.1. The Morgan fingerprint density at radius 3 is 2.81 bits per heavy atom. The molecule has 0 radical (unpaired) electrons. The van der Waals surface area contributed by atoms with E-state index in [4.69, 9.17) is 5.73 Å². The Bertz CT molecular complexity index is 830. The summed E-state index contributed by atoms with van der Waals surface area (Å²) in [5, 5.41) is 3.78. The largest absolute Gasteiger partial charge is 0.365 e. The number of benzene rings is 1. The lowest BCUT2D eigenvalue weighted by Crippen LogP contribution is -2.14. The molecule has 0 unspecified atom stereocenters. The van der Waals surface area contributed by atoms with Crippen LogP contribution in [0.1, 0.15) is 10.4 Å². The van der Waals surface area contributed by atoms with Gasteiger partial charge in [0.15, 0.2) is 0 Å². The van der Waals surface area contributed by atoms with Crippen molar-refractivity contribution >= 4 is 28.3 Å². The Balaban J connectivity index is 2.11. The van der Waals surface area contributed by atoms with Gasteiger partial charge in [-0.15, -0.1) is 0 Å². The van der Waals surface area contributed by atoms with Gasteiger partial charge in [0, 0.05) is 17.3 Å². The fourth-order valence-corrected chi connectivity index (χ4v) is 2.07. The van der Waals surface area contributed by atoms with Gasteiger partial charge < -0.3 is 11.1 Å². The smallest absolute Gasteiger partial charge is 0.252 e. The number of nitrogens with zero attached hydrogens (tertiary/aromatic N) is 2. The predicted molar refractivity (Wildman–Crippen MR) is 77.7 cm³/mol. The molecule has 0 saturated carbocycles. The third kappa shape index (κ3) is 2.51. The zero-order valence-corrected chi connectivity index (χ0v) is 10.9. The normalized spacial score (nSPS) is 10.5. The molecule has 0 fully saturated rings. The van der Waals surface area contributed by atoms with Crippen LogP contribution in [0.15, 0.2) is 48.7 Å². The van der Waals surface area contributed by atoms with Crippen molar-refractivity contribution in [3.63, 3.8) is 0 Å². The van der Waals surface area contributed by atoms with Crippen molar-refractivity contribution < 1.29 is 9.18 Å². The van der Waals surface area contributed by atoms with Crippen molar-refractivity contribution in [3.05, 3.63) is 60.2 Å². The molecule has 5 nitrogen and oxygen atoms in total. The quantitative estimate of drug-likeness (QED) is 0.723. The van der Waals surface area contributed by atoms with Crippen LogP contribution in [-0.4, -0.2) is 15.9 Å². The Hall–Kier alpha value is -3.02. The fraction of sp³-hybridized carbons (Fsp3) is 0. The molecule has 0 bridgehead atoms. The summed E-state index contributed by atoms with van der Waals surface area (Å²) in [6.07, 6.45) is 1.68. The zero-order valence-electron chi connectivity index (χ0n) is 10.9. The van der Waals surface area contributed by atoms with E-state index in [0.717, 1.165) is 17.0 Å². The number of fused-ring (bicyclic) bond motifs is 1. The highest BCUT2D eigenvalue weighted by Crippen LogP contribution is 2.25. The summed E-state index contributed by atoms with van der Waals surface area (Å²) in [6.45, 7) is 0. The maximum absolute atomic E-state index is 13.3. The first-order valence-electron chi connectivity index (χ1n) is 6.22. The van der Waals surface area contributed by atoms with E-state index in [9.17, 15) is 9.18 Å². The number of carbonyl (C=O) groups is 1. The van der Waals surface area contributed by atoms with Crippen molar-refractivity contribution in [1.82, 2.24) is 9.97 Å². The Morgan fingerprint density at radius 2 is 2.00 bits per heavy atom. The van der Waals surface area contributed by atoms with E-state index in [-0.39, 0.29) is 11.4 Å². The first-order valence-corrected chi connectivity index (χ1v) is 6.22. The molecule has 3 rings (SSSR count). The Kier molecular flexibility index (Phi) is 3.19. The van der Waals surface area contributed by atoms with E-state index < -0.39 is 11.9 Å². The van der Waals surface area contributed by atoms with Crippen molar-refractivity contribution in [2.75, 3.05) is 5.32 Å². The summed E-state index contributed by atoms with van der Waals surface area (Å²) in [4.78, 5) is 19.3. The average Bonchev–Trinajstić information content (AvgIpc) is 2.47. The maximum Gasteiger partial charge on any atom is 0.252 e. The van der Waals surface area contributed by atoms with Crippen LogP contribution < -0.4 is 11.1 Å². The van der Waals surface area contributed by atoms with E-state index in [2.05, 4.69) is 15.3 Å². The van der Waals surface area contributed by atoms with E-state index in [1.54, 1.807) is 24.4 Å². The van der Waals surface area contributed by atoms with Crippen molar-refractivity contribution in [2.24, 2.45) is 5.73 Å². The molecular weight excluding hydrogens is 271 g/mol. The van der Waals surface area contributed by atoms with Crippen LogP contribution >= 0.6 is 0 Å². The van der Waals surface area contributed by atoms with Crippen LogP contribution in [0.5, 0.6) is 0 Å². The number of halogens is 1. The molecule has 21 heavy (non-hydrogen) atoms. The second-order valence-electron chi connectivity index (χ2n) is 4.40. The number of amides is 1. The van der Waals surface area contributed by atoms with Gasteiger partial charge in [-0.2, -0.15) is 4.39 Å². The van der Waals surface area contributed by atoms with Crippen LogP contribution in [0.2, 0.25) is 0 Å². The Labute approximate surface area is 119 Å². The Morgan fingerprint density at radius 1 is 1.14 bits per heavy atom. The molecule has 2 aromatic heterocycles. The van der Waals surface area contributed by atoms with E-state index in [1.807, 2.05) is 12.1 Å². The monoisotopic (exact) mass is 282 g/mol. The summed E-state index contributed by atoms with van der Waals surface area (Å²) in [7, 11) is 0. The van der Waals surface area contributed by atoms with Crippen LogP contribution in [0.3, 0.4) is 0 Å². The highest BCUT2D eigenvalue weighted by Gasteiger charge is 2.12. The first-order chi connectivity index (χ1) is 10.1. The van der Waals surface area contributed by atoms with Gasteiger partial charge in [-0.1, -0.05) is 6.07 Å². The lowest BCUT2D eigenvalue weighted by Gasteiger charge is -2.11. The van der Waals surface area contributed by atoms with Gasteiger partial charge in [0.2, 0.25) is 5.95 Å². The molecule has 2 heterocycles. The number of primary amides is 1. The second kappa shape index (κ2) is 5.16. The topological polar surface area (TPSA) is 80.9 Å². The summed E-state index contributed by atoms with van der Waals surface area (Å²) in [5.74, 6) is -1.29. The number of hydrogen-bond acceptors (Lipinski definition) is 4. The molecule has 0 aliphatic rings. The number of rotatable bonds is 3. The number of nitrogens with one attached hydrogen (secondary N) is 1. The SMILES string of the molecule is NC(=O)c1ccc(F)nc1Nc1cccc2ncccc12. The molecule has 1 amide bonds. The van der Waals surface area contributed by atoms with Gasteiger partial charge in [0.05, 0.1) is 11.1 Å². The maximum atomic E-state index is 13.3. The molecule has 0 atom stereocenters. The minimum atomic E-state index is -0.694. The van der Waals surface area contributed by atoms with Gasteiger partial charge >= 0.3 is 0 Å². The van der Waals surface area contributed by atoms with Crippen molar-refractivity contribution in [3.8, 4) is 0 Å². The molecule has 0 saturated heterocycles. The average molecular weight is 282 g/mol. The molecule has 0 aliphatic carbocycles. The number of nitrogens with two attached hydrogens (primary N) is 1. The van der Waals surface area contributed by atoms with E-state index in [1.165, 1.54) is 6.07 Å². The molecule has 1 aromatic carbocycles. The van der Waals surface area contributed by atoms with Gasteiger partial charge in [0.25, 0.3) is 5.91 Å².